The average molecular weight is 905 g/mol. The number of carbonyl (C=O) groups is 2. The Kier molecular flexibility index (Phi) is 23.7. The van der Waals surface area contributed by atoms with Crippen molar-refractivity contribution in [3.8, 4) is 0 Å². The molecule has 64 heavy (non-hydrogen) atoms. The number of fused-ring (bicyclic) bond motifs is 2. The molecule has 11 N–H and O–H groups in total. The van der Waals surface area contributed by atoms with Crippen LogP contribution < -0.4 is 0 Å². The molecule has 2 bridgehead atoms. The first-order valence-electron chi connectivity index (χ1n) is 22.8. The molecule has 1 saturated carbocycles. The topological polar surface area (TPSA) is 275 Å². The normalized spacial score (nSPS) is 45.0. The van der Waals surface area contributed by atoms with Gasteiger partial charge in [0.1, 0.15) is 11.7 Å². The van der Waals surface area contributed by atoms with Crippen molar-refractivity contribution >= 4 is 11.8 Å². The zero-order valence-electron chi connectivity index (χ0n) is 37.7. The van der Waals surface area contributed by atoms with E-state index in [4.69, 9.17) is 9.47 Å². The fourth-order valence-electron chi connectivity index (χ4n) is 8.69. The minimum absolute atomic E-state index is 0.0494. The Hall–Kier alpha value is -3.16. The zero-order chi connectivity index (χ0) is 47.6. The molecule has 15 heteroatoms. The molecule has 0 radical (unpaired) electrons. The number of ether oxygens (including phenoxy) is 2. The second-order valence-corrected chi connectivity index (χ2v) is 18.4. The molecule has 0 aromatic rings. The molecule has 1 saturated heterocycles. The number of Topliss-reactive ketones (excluding diaryl/α,β-unsaturated/α-hetero) is 1. The number of aliphatic hydroxyl groups excluding tert-OH is 9. The van der Waals surface area contributed by atoms with E-state index in [1.54, 1.807) is 36.5 Å². The minimum Gasteiger partial charge on any atom is -0.481 e. The van der Waals surface area contributed by atoms with Crippen LogP contribution in [0, 0.1) is 29.6 Å². The van der Waals surface area contributed by atoms with Crippen molar-refractivity contribution in [1.82, 2.24) is 0 Å². The first-order chi connectivity index (χ1) is 30.2. The molecule has 4 unspecified atom stereocenters. The van der Waals surface area contributed by atoms with Crippen LogP contribution in [0.15, 0.2) is 85.1 Å². The lowest BCUT2D eigenvalue weighted by Gasteiger charge is -2.45. The summed E-state index contributed by atoms with van der Waals surface area (Å²) in [5, 5.41) is 118. The van der Waals surface area contributed by atoms with Gasteiger partial charge >= 0.3 is 5.97 Å². The fraction of sp³-hybridized carbons (Fsp3) is 0.673. The smallest absolute Gasteiger partial charge is 0.311 e. The fourth-order valence-corrected chi connectivity index (χ4v) is 8.69. The van der Waals surface area contributed by atoms with Crippen molar-refractivity contribution in [2.45, 2.75) is 177 Å². The summed E-state index contributed by atoms with van der Waals surface area (Å²) in [5.74, 6) is -6.17. The van der Waals surface area contributed by atoms with Crippen LogP contribution in [-0.4, -0.2) is 147 Å². The molecule has 0 spiro atoms. The summed E-state index contributed by atoms with van der Waals surface area (Å²) in [4.78, 5) is 25.3. The van der Waals surface area contributed by atoms with Gasteiger partial charge in [-0.15, -0.1) is 0 Å². The molecule has 362 valence electrons. The number of aliphatic hydroxyl groups is 10. The third kappa shape index (κ3) is 19.0. The molecule has 3 aliphatic rings. The Labute approximate surface area is 378 Å². The van der Waals surface area contributed by atoms with Crippen LogP contribution in [0.1, 0.15) is 98.3 Å². The monoisotopic (exact) mass is 905 g/mol. The number of carboxylic acids is 1. The molecule has 2 heterocycles. The SMILES string of the molecule is CC1CC(O[C@H]2/C=C/C=C/C=C/C=C/C=C/C=C/C=C/[C@H](C)[C@@H](O)[C@@H](C)[C@H](C)CC(=O)C[C@H](O)C[C@H](O)CC[C@@H](O)[C@H](O)C[C@H](O)C[C@]3(O)C[C@H](O)[C@@H](C(=O)O)[C@H](C2)O3)C(O)CC1O. The predicted molar refractivity (Wildman–Crippen MR) is 240 cm³/mol. The predicted octanol–water partition coefficient (Wildman–Crippen LogP) is 3.10. The standard InChI is InChI=1S/C49H76O15/c1-30-17-15-13-11-9-7-5-6-8-10-12-14-16-18-38(63-44-22-32(3)40(55)27-42(44)57)26-45-46(48(60)61)43(58)29-49(62,64-45)28-37(53)25-41(56)39(54)20-19-34(50)23-36(52)24-35(51)21-31(2)33(4)47(30)59/h5-18,30-34,36-47,50,52-59,62H,19-29H2,1-4H3,(H,60,61)/b6-5+,9-7+,10-8+,13-11+,14-12+,17-15+,18-16+/t30-,31+,32?,33-,34+,36+,37-,38-,39+,40?,41+,42?,43-,44?,45-,46+,47+,49+/m0/s1. The highest BCUT2D eigenvalue weighted by molar-refractivity contribution is 5.79. The summed E-state index contributed by atoms with van der Waals surface area (Å²) in [6.07, 6.45) is 9.48. The number of allylic oxidation sites excluding steroid dienone is 12. The lowest BCUT2D eigenvalue weighted by Crippen LogP contribution is -2.56. The molecular weight excluding hydrogens is 829 g/mol. The number of rotatable bonds is 3. The quantitative estimate of drug-likeness (QED) is 0.194. The largest absolute Gasteiger partial charge is 0.481 e. The van der Waals surface area contributed by atoms with E-state index in [1.807, 2.05) is 76.3 Å². The summed E-state index contributed by atoms with van der Waals surface area (Å²) in [6.45, 7) is 7.46. The maximum absolute atomic E-state index is 12.8. The summed E-state index contributed by atoms with van der Waals surface area (Å²) in [7, 11) is 0. The lowest BCUT2D eigenvalue weighted by molar-refractivity contribution is -0.301. The van der Waals surface area contributed by atoms with Crippen molar-refractivity contribution < 1.29 is 75.2 Å². The maximum atomic E-state index is 12.8. The van der Waals surface area contributed by atoms with Gasteiger partial charge in [-0.2, -0.15) is 0 Å². The third-order valence-corrected chi connectivity index (χ3v) is 12.8. The lowest BCUT2D eigenvalue weighted by atomic mass is 9.81. The van der Waals surface area contributed by atoms with Gasteiger partial charge in [0.25, 0.3) is 0 Å². The third-order valence-electron chi connectivity index (χ3n) is 12.8. The van der Waals surface area contributed by atoms with Crippen LogP contribution in [0.5, 0.6) is 0 Å². The Morgan fingerprint density at radius 2 is 1.17 bits per heavy atom. The van der Waals surface area contributed by atoms with Gasteiger partial charge in [0.05, 0.1) is 73.2 Å². The van der Waals surface area contributed by atoms with Crippen LogP contribution in [0.3, 0.4) is 0 Å². The minimum atomic E-state index is -2.26. The van der Waals surface area contributed by atoms with Crippen LogP contribution in [0.2, 0.25) is 0 Å². The number of ketones is 1. The number of carboxylic acid groups (broad SMARTS) is 1. The molecule has 15 nitrogen and oxygen atoms in total. The number of hydrogen-bond donors (Lipinski definition) is 11. The van der Waals surface area contributed by atoms with E-state index in [-0.39, 0.29) is 74.4 Å². The van der Waals surface area contributed by atoms with Gasteiger partial charge in [-0.05, 0) is 43.4 Å². The van der Waals surface area contributed by atoms with E-state index in [0.29, 0.717) is 6.42 Å². The van der Waals surface area contributed by atoms with Gasteiger partial charge in [0, 0.05) is 50.9 Å². The van der Waals surface area contributed by atoms with Crippen molar-refractivity contribution in [2.24, 2.45) is 29.6 Å². The first kappa shape index (κ1) is 55.2. The van der Waals surface area contributed by atoms with E-state index in [2.05, 4.69) is 0 Å². The molecule has 0 amide bonds. The Bertz CT molecular complexity index is 1620. The highest BCUT2D eigenvalue weighted by Gasteiger charge is 2.50. The molecule has 0 aromatic heterocycles. The van der Waals surface area contributed by atoms with E-state index in [1.165, 1.54) is 0 Å². The first-order valence-corrected chi connectivity index (χ1v) is 22.8. The second kappa shape index (κ2) is 27.5. The average Bonchev–Trinajstić information content (AvgIpc) is 3.19. The van der Waals surface area contributed by atoms with Gasteiger partial charge in [-0.3, -0.25) is 9.59 Å². The number of carbonyl (C=O) groups excluding carboxylic acids is 1. The van der Waals surface area contributed by atoms with Crippen molar-refractivity contribution in [3.63, 3.8) is 0 Å². The summed E-state index contributed by atoms with van der Waals surface area (Å²) >= 11 is 0. The molecule has 18 atom stereocenters. The van der Waals surface area contributed by atoms with Gasteiger partial charge < -0.3 is 65.6 Å². The van der Waals surface area contributed by atoms with Crippen LogP contribution >= 0.6 is 0 Å². The molecule has 2 fully saturated rings. The Balaban J connectivity index is 1.84. The van der Waals surface area contributed by atoms with Crippen LogP contribution in [0.25, 0.3) is 0 Å². The van der Waals surface area contributed by atoms with E-state index < -0.39 is 110 Å². The van der Waals surface area contributed by atoms with Crippen LogP contribution in [0.4, 0.5) is 0 Å². The molecule has 1 aliphatic carbocycles. The van der Waals surface area contributed by atoms with Gasteiger partial charge in [0.15, 0.2) is 5.79 Å². The van der Waals surface area contributed by atoms with Gasteiger partial charge in [-0.25, -0.2) is 0 Å². The van der Waals surface area contributed by atoms with E-state index >= 15 is 0 Å². The van der Waals surface area contributed by atoms with Crippen molar-refractivity contribution in [2.75, 3.05) is 0 Å². The van der Waals surface area contributed by atoms with Gasteiger partial charge in [-0.1, -0.05) is 113 Å². The highest BCUT2D eigenvalue weighted by Crippen LogP contribution is 2.38. The molecule has 3 rings (SSSR count). The van der Waals surface area contributed by atoms with Crippen LogP contribution in [-0.2, 0) is 19.1 Å². The number of hydrogen-bond acceptors (Lipinski definition) is 14. The van der Waals surface area contributed by atoms with Crippen molar-refractivity contribution in [3.05, 3.63) is 85.1 Å². The molecule has 0 aromatic carbocycles. The van der Waals surface area contributed by atoms with E-state index in [9.17, 15) is 65.8 Å². The summed E-state index contributed by atoms with van der Waals surface area (Å²) in [6, 6.07) is 0. The Morgan fingerprint density at radius 1 is 0.594 bits per heavy atom. The second-order valence-electron chi connectivity index (χ2n) is 18.4. The summed E-state index contributed by atoms with van der Waals surface area (Å²) in [5.41, 5.74) is 0. The number of aliphatic carboxylic acids is 1. The highest BCUT2D eigenvalue weighted by atomic mass is 16.6. The Morgan fingerprint density at radius 3 is 1.77 bits per heavy atom. The summed E-state index contributed by atoms with van der Waals surface area (Å²) < 4.78 is 12.3. The molecular formula is C49H76O15. The van der Waals surface area contributed by atoms with Gasteiger partial charge in [0.2, 0.25) is 0 Å². The molecule has 2 aliphatic heterocycles. The van der Waals surface area contributed by atoms with Crippen molar-refractivity contribution in [1.29, 1.82) is 0 Å². The zero-order valence-corrected chi connectivity index (χ0v) is 37.7. The van der Waals surface area contributed by atoms with E-state index in [0.717, 1.165) is 0 Å². The maximum Gasteiger partial charge on any atom is 0.311 e.